The van der Waals surface area contributed by atoms with Crippen LogP contribution in [0, 0.1) is 10.1 Å². The van der Waals surface area contributed by atoms with Crippen molar-refractivity contribution in [3.05, 3.63) is 71.3 Å². The summed E-state index contributed by atoms with van der Waals surface area (Å²) in [5.74, 6) is 0. The Morgan fingerprint density at radius 3 is 2.05 bits per heavy atom. The molecule has 0 aliphatic rings. The van der Waals surface area contributed by atoms with Crippen molar-refractivity contribution in [3.63, 3.8) is 0 Å². The highest BCUT2D eigenvalue weighted by Crippen LogP contribution is 2.22. The lowest BCUT2D eigenvalue weighted by atomic mass is 10.3. The zero-order valence-corrected chi connectivity index (χ0v) is 11.3. The van der Waals surface area contributed by atoms with E-state index in [2.05, 4.69) is 22.1 Å². The average molecular weight is 282 g/mol. The molecule has 2 rings (SSSR count). The minimum Gasteiger partial charge on any atom is -0.382 e. The largest absolute Gasteiger partial charge is 0.382 e. The van der Waals surface area contributed by atoms with Crippen LogP contribution in [0.1, 0.15) is 0 Å². The molecule has 0 unspecified atom stereocenters. The van der Waals surface area contributed by atoms with Crippen molar-refractivity contribution in [1.29, 1.82) is 0 Å². The van der Waals surface area contributed by atoms with Gasteiger partial charge in [0.2, 0.25) is 0 Å². The maximum absolute atomic E-state index is 10.5. The topological polar surface area (TPSA) is 79.9 Å². The van der Waals surface area contributed by atoms with E-state index >= 15 is 0 Å². The molecule has 0 heterocycles. The monoisotopic (exact) mass is 282 g/mol. The summed E-state index contributed by atoms with van der Waals surface area (Å²) in [4.78, 5) is 10.1. The van der Waals surface area contributed by atoms with Crippen molar-refractivity contribution in [2.75, 3.05) is 11.9 Å². The summed E-state index contributed by atoms with van der Waals surface area (Å²) >= 11 is 0. The van der Waals surface area contributed by atoms with Gasteiger partial charge in [0.1, 0.15) is 0 Å². The molecule has 0 spiro atoms. The van der Waals surface area contributed by atoms with E-state index in [-0.39, 0.29) is 5.69 Å². The Morgan fingerprint density at radius 1 is 1.05 bits per heavy atom. The zero-order chi connectivity index (χ0) is 15.1. The molecule has 0 bridgehead atoms. The van der Waals surface area contributed by atoms with Crippen LogP contribution in [-0.4, -0.2) is 11.5 Å². The lowest BCUT2D eigenvalue weighted by Gasteiger charge is -2.02. The van der Waals surface area contributed by atoms with Gasteiger partial charge in [0.05, 0.1) is 16.3 Å². The fourth-order valence-electron chi connectivity index (χ4n) is 1.59. The molecule has 106 valence electrons. The number of nitro benzene ring substituents is 1. The van der Waals surface area contributed by atoms with E-state index in [9.17, 15) is 10.1 Å². The van der Waals surface area contributed by atoms with Crippen LogP contribution < -0.4 is 5.32 Å². The highest BCUT2D eigenvalue weighted by molar-refractivity contribution is 5.51. The average Bonchev–Trinajstić information content (AvgIpc) is 2.52. The molecule has 6 nitrogen and oxygen atoms in total. The molecule has 0 fully saturated rings. The molecular formula is C15H14N4O2. The number of nitro groups is 1. The Hall–Kier alpha value is -3.02. The van der Waals surface area contributed by atoms with Crippen LogP contribution in [0.15, 0.2) is 71.4 Å². The van der Waals surface area contributed by atoms with E-state index < -0.39 is 4.92 Å². The first kappa shape index (κ1) is 14.4. The van der Waals surface area contributed by atoms with Gasteiger partial charge in [0.15, 0.2) is 0 Å². The summed E-state index contributed by atoms with van der Waals surface area (Å²) in [5, 5.41) is 21.8. The second kappa shape index (κ2) is 6.95. The van der Waals surface area contributed by atoms with E-state index in [4.69, 9.17) is 0 Å². The van der Waals surface area contributed by atoms with E-state index in [1.807, 2.05) is 24.3 Å². The number of nitrogens with one attached hydrogen (secondary N) is 1. The van der Waals surface area contributed by atoms with Crippen molar-refractivity contribution >= 4 is 22.7 Å². The summed E-state index contributed by atoms with van der Waals surface area (Å²) in [6.07, 6.45) is 1.78. The van der Waals surface area contributed by atoms with Crippen molar-refractivity contribution in [2.24, 2.45) is 10.2 Å². The molecule has 0 aromatic heterocycles. The van der Waals surface area contributed by atoms with Gasteiger partial charge in [-0.25, -0.2) is 0 Å². The maximum Gasteiger partial charge on any atom is 0.269 e. The Kier molecular flexibility index (Phi) is 4.76. The number of azo groups is 1. The van der Waals surface area contributed by atoms with Gasteiger partial charge in [-0.05, 0) is 36.4 Å². The van der Waals surface area contributed by atoms with Crippen LogP contribution in [0.5, 0.6) is 0 Å². The maximum atomic E-state index is 10.5. The van der Waals surface area contributed by atoms with Crippen LogP contribution in [-0.2, 0) is 0 Å². The number of benzene rings is 2. The van der Waals surface area contributed by atoms with Crippen molar-refractivity contribution < 1.29 is 4.92 Å². The van der Waals surface area contributed by atoms with Crippen LogP contribution in [0.2, 0.25) is 0 Å². The van der Waals surface area contributed by atoms with Gasteiger partial charge in [0, 0.05) is 24.4 Å². The SMILES string of the molecule is C=CCNc1ccc(/N=N/c2ccc([N+](=O)[O-])cc2)cc1. The molecule has 2 aromatic rings. The zero-order valence-electron chi connectivity index (χ0n) is 11.3. The van der Waals surface area contributed by atoms with Gasteiger partial charge < -0.3 is 5.32 Å². The third-order valence-corrected chi connectivity index (χ3v) is 2.66. The van der Waals surface area contributed by atoms with Crippen molar-refractivity contribution in [1.82, 2.24) is 0 Å². The Bertz CT molecular complexity index is 648. The standard InChI is InChI=1S/C15H14N4O2/c1-2-11-16-12-3-5-13(6-4-12)17-18-14-7-9-15(10-8-14)19(20)21/h2-10,16H,1,11H2/b18-17+. The summed E-state index contributed by atoms with van der Waals surface area (Å²) in [6.45, 7) is 4.33. The lowest BCUT2D eigenvalue weighted by Crippen LogP contribution is -1.96. The molecule has 0 radical (unpaired) electrons. The minimum atomic E-state index is -0.449. The first-order valence-electron chi connectivity index (χ1n) is 6.30. The first-order chi connectivity index (χ1) is 10.2. The number of hydrogen-bond donors (Lipinski definition) is 1. The molecule has 1 N–H and O–H groups in total. The molecule has 6 heteroatoms. The molecule has 0 atom stereocenters. The van der Waals surface area contributed by atoms with Crippen LogP contribution in [0.3, 0.4) is 0 Å². The van der Waals surface area contributed by atoms with Crippen molar-refractivity contribution in [2.45, 2.75) is 0 Å². The Morgan fingerprint density at radius 2 is 1.57 bits per heavy atom. The lowest BCUT2D eigenvalue weighted by molar-refractivity contribution is -0.384. The number of hydrogen-bond acceptors (Lipinski definition) is 5. The normalized spacial score (nSPS) is 10.5. The second-order valence-electron chi connectivity index (χ2n) is 4.19. The molecule has 21 heavy (non-hydrogen) atoms. The van der Waals surface area contributed by atoms with Gasteiger partial charge >= 0.3 is 0 Å². The number of anilines is 1. The van der Waals surface area contributed by atoms with E-state index in [1.54, 1.807) is 18.2 Å². The van der Waals surface area contributed by atoms with E-state index in [1.165, 1.54) is 12.1 Å². The number of non-ortho nitro benzene ring substituents is 1. The molecule has 0 aliphatic carbocycles. The van der Waals surface area contributed by atoms with E-state index in [0.717, 1.165) is 5.69 Å². The van der Waals surface area contributed by atoms with E-state index in [0.29, 0.717) is 17.9 Å². The third-order valence-electron chi connectivity index (χ3n) is 2.66. The summed E-state index contributed by atoms with van der Waals surface area (Å²) in [5.41, 5.74) is 2.28. The second-order valence-corrected chi connectivity index (χ2v) is 4.19. The quantitative estimate of drug-likeness (QED) is 0.363. The molecule has 0 saturated carbocycles. The van der Waals surface area contributed by atoms with Crippen LogP contribution >= 0.6 is 0 Å². The molecule has 0 saturated heterocycles. The van der Waals surface area contributed by atoms with Gasteiger partial charge in [0.25, 0.3) is 5.69 Å². The summed E-state index contributed by atoms with van der Waals surface area (Å²) in [7, 11) is 0. The van der Waals surface area contributed by atoms with Gasteiger partial charge in [-0.1, -0.05) is 6.08 Å². The molecular weight excluding hydrogens is 268 g/mol. The minimum absolute atomic E-state index is 0.0339. The fraction of sp³-hybridized carbons (Fsp3) is 0.0667. The summed E-state index contributed by atoms with van der Waals surface area (Å²) < 4.78 is 0. The number of nitrogens with zero attached hydrogens (tertiary/aromatic N) is 3. The molecule has 0 aliphatic heterocycles. The Balaban J connectivity index is 2.03. The highest BCUT2D eigenvalue weighted by Gasteiger charge is 2.02. The predicted molar refractivity (Wildman–Crippen MR) is 82.4 cm³/mol. The fourth-order valence-corrected chi connectivity index (χ4v) is 1.59. The molecule has 2 aromatic carbocycles. The van der Waals surface area contributed by atoms with Crippen LogP contribution in [0.4, 0.5) is 22.7 Å². The Labute approximate surface area is 122 Å². The van der Waals surface area contributed by atoms with Gasteiger partial charge in [-0.2, -0.15) is 10.2 Å². The highest BCUT2D eigenvalue weighted by atomic mass is 16.6. The smallest absolute Gasteiger partial charge is 0.269 e. The first-order valence-corrected chi connectivity index (χ1v) is 6.30. The molecule has 0 amide bonds. The van der Waals surface area contributed by atoms with Gasteiger partial charge in [-0.3, -0.25) is 10.1 Å². The van der Waals surface area contributed by atoms with Crippen LogP contribution in [0.25, 0.3) is 0 Å². The van der Waals surface area contributed by atoms with Gasteiger partial charge in [-0.15, -0.1) is 6.58 Å². The third kappa shape index (κ3) is 4.24. The number of rotatable bonds is 6. The van der Waals surface area contributed by atoms with Crippen molar-refractivity contribution in [3.8, 4) is 0 Å². The summed E-state index contributed by atoms with van der Waals surface area (Å²) in [6, 6.07) is 13.4. The predicted octanol–water partition coefficient (Wildman–Crippen LogP) is 4.61.